The number of hydrogen-bond donors (Lipinski definition) is 2. The van der Waals surface area contributed by atoms with Gasteiger partial charge in [-0.15, -0.1) is 0 Å². The molecule has 4 heterocycles. The van der Waals surface area contributed by atoms with E-state index in [4.69, 9.17) is 22.1 Å². The van der Waals surface area contributed by atoms with E-state index in [1.165, 1.54) is 6.33 Å². The summed E-state index contributed by atoms with van der Waals surface area (Å²) >= 11 is 6.57. The van der Waals surface area contributed by atoms with Gasteiger partial charge in [-0.05, 0) is 49.2 Å². The van der Waals surface area contributed by atoms with Crippen LogP contribution in [0.3, 0.4) is 0 Å². The molecule has 1 aromatic carbocycles. The highest BCUT2D eigenvalue weighted by Crippen LogP contribution is 2.38. The normalized spacial score (nSPS) is 16.5. The number of fused-ring (bicyclic) bond motifs is 1. The minimum absolute atomic E-state index is 0.329. The lowest BCUT2D eigenvalue weighted by molar-refractivity contribution is 0.301. The summed E-state index contributed by atoms with van der Waals surface area (Å²) in [7, 11) is 0. The predicted molar refractivity (Wildman–Crippen MR) is 122 cm³/mol. The minimum atomic E-state index is 0.329. The quantitative estimate of drug-likeness (QED) is 0.488. The molecular weight excluding hydrogens is 412 g/mol. The van der Waals surface area contributed by atoms with E-state index in [1.807, 2.05) is 36.4 Å². The number of nitrogens with zero attached hydrogens (tertiary/aromatic N) is 4. The molecule has 1 atom stereocenters. The third-order valence-electron chi connectivity index (χ3n) is 5.65. The monoisotopic (exact) mass is 434 g/mol. The van der Waals surface area contributed by atoms with Crippen molar-refractivity contribution in [1.29, 1.82) is 0 Å². The Kier molecular flexibility index (Phi) is 5.44. The molecule has 7 nitrogen and oxygen atoms in total. The van der Waals surface area contributed by atoms with Gasteiger partial charge in [-0.2, -0.15) is 0 Å². The van der Waals surface area contributed by atoms with Crippen LogP contribution >= 0.6 is 11.6 Å². The summed E-state index contributed by atoms with van der Waals surface area (Å²) < 4.78 is 8.08. The average molecular weight is 435 g/mol. The van der Waals surface area contributed by atoms with Crippen molar-refractivity contribution in [3.63, 3.8) is 0 Å². The van der Waals surface area contributed by atoms with Crippen LogP contribution in [0.5, 0.6) is 5.75 Å². The lowest BCUT2D eigenvalue weighted by atomic mass is 10.1. The zero-order valence-corrected chi connectivity index (χ0v) is 17.7. The zero-order valence-electron chi connectivity index (χ0n) is 17.0. The number of nitrogens with two attached hydrogens (primary N) is 1. The van der Waals surface area contributed by atoms with Crippen LogP contribution in [0.2, 0.25) is 5.02 Å². The molecule has 0 radical (unpaired) electrons. The van der Waals surface area contributed by atoms with Gasteiger partial charge in [-0.3, -0.25) is 4.98 Å². The van der Waals surface area contributed by atoms with Crippen molar-refractivity contribution in [2.75, 3.05) is 18.8 Å². The number of benzene rings is 1. The molecule has 158 valence electrons. The molecule has 0 aliphatic carbocycles. The maximum Gasteiger partial charge on any atom is 0.146 e. The molecule has 4 aromatic rings. The Labute approximate surface area is 185 Å². The Morgan fingerprint density at radius 1 is 1.19 bits per heavy atom. The zero-order chi connectivity index (χ0) is 21.2. The summed E-state index contributed by atoms with van der Waals surface area (Å²) in [5.41, 5.74) is 9.88. The van der Waals surface area contributed by atoms with Crippen LogP contribution in [0.4, 0.5) is 5.82 Å². The second kappa shape index (κ2) is 8.53. The first kappa shape index (κ1) is 19.8. The first-order valence-corrected chi connectivity index (χ1v) is 10.7. The standard InChI is InChI=1S/C23H23ClN6O/c24-19-10-15(6-7-20(19)31-13-16-4-1-2-9-27-16)18-12-30(17-5-3-8-26-11-17)23-21(18)22(25)28-14-29-23/h1-2,4,6-7,9-10,12,14,17,26H,3,5,8,11,13H2,(H2,25,28,29)/t17-/m1/s1. The maximum atomic E-state index is 6.57. The summed E-state index contributed by atoms with van der Waals surface area (Å²) in [5, 5.41) is 4.85. The lowest BCUT2D eigenvalue weighted by Gasteiger charge is -2.24. The topological polar surface area (TPSA) is 90.9 Å². The lowest BCUT2D eigenvalue weighted by Crippen LogP contribution is -2.31. The number of anilines is 1. The highest BCUT2D eigenvalue weighted by Gasteiger charge is 2.22. The number of hydrogen-bond acceptors (Lipinski definition) is 6. The first-order chi connectivity index (χ1) is 15.2. The third kappa shape index (κ3) is 3.94. The summed E-state index contributed by atoms with van der Waals surface area (Å²) in [4.78, 5) is 13.0. The van der Waals surface area contributed by atoms with E-state index >= 15 is 0 Å². The number of aromatic nitrogens is 4. The molecule has 0 unspecified atom stereocenters. The van der Waals surface area contributed by atoms with E-state index in [0.29, 0.717) is 29.2 Å². The Morgan fingerprint density at radius 3 is 2.90 bits per heavy atom. The van der Waals surface area contributed by atoms with Gasteiger partial charge in [0.15, 0.2) is 0 Å². The van der Waals surface area contributed by atoms with Crippen molar-refractivity contribution < 1.29 is 4.74 Å². The summed E-state index contributed by atoms with van der Waals surface area (Å²) in [6.45, 7) is 2.32. The van der Waals surface area contributed by atoms with E-state index < -0.39 is 0 Å². The number of piperidine rings is 1. The summed E-state index contributed by atoms with van der Waals surface area (Å²) in [5.74, 6) is 1.08. The van der Waals surface area contributed by atoms with Crippen molar-refractivity contribution in [1.82, 2.24) is 24.8 Å². The van der Waals surface area contributed by atoms with Crippen LogP contribution in [0.15, 0.2) is 55.1 Å². The number of ether oxygens (including phenoxy) is 1. The molecule has 1 aliphatic rings. The van der Waals surface area contributed by atoms with Gasteiger partial charge in [0.25, 0.3) is 0 Å². The van der Waals surface area contributed by atoms with Gasteiger partial charge in [0.05, 0.1) is 16.1 Å². The van der Waals surface area contributed by atoms with Crippen molar-refractivity contribution in [3.05, 3.63) is 65.8 Å². The van der Waals surface area contributed by atoms with Gasteiger partial charge < -0.3 is 20.4 Å². The van der Waals surface area contributed by atoms with E-state index in [1.54, 1.807) is 6.20 Å². The fourth-order valence-electron chi connectivity index (χ4n) is 4.10. The molecule has 0 saturated carbocycles. The van der Waals surface area contributed by atoms with Crippen LogP contribution < -0.4 is 15.8 Å². The van der Waals surface area contributed by atoms with Gasteiger partial charge in [0.2, 0.25) is 0 Å². The molecule has 8 heteroatoms. The van der Waals surface area contributed by atoms with Crippen molar-refractivity contribution in [3.8, 4) is 16.9 Å². The highest BCUT2D eigenvalue weighted by atomic mass is 35.5. The van der Waals surface area contributed by atoms with Gasteiger partial charge >= 0.3 is 0 Å². The van der Waals surface area contributed by atoms with Crippen LogP contribution in [0, 0.1) is 0 Å². The fourth-order valence-corrected chi connectivity index (χ4v) is 4.33. The predicted octanol–water partition coefficient (Wildman–Crippen LogP) is 4.23. The van der Waals surface area contributed by atoms with E-state index in [2.05, 4.69) is 31.0 Å². The molecule has 5 rings (SSSR count). The second-order valence-electron chi connectivity index (χ2n) is 7.66. The van der Waals surface area contributed by atoms with E-state index in [0.717, 1.165) is 53.8 Å². The minimum Gasteiger partial charge on any atom is -0.486 e. The summed E-state index contributed by atoms with van der Waals surface area (Å²) in [6.07, 6.45) is 7.62. The molecule has 0 bridgehead atoms. The number of pyridine rings is 1. The maximum absolute atomic E-state index is 6.57. The molecule has 0 spiro atoms. The smallest absolute Gasteiger partial charge is 0.146 e. The van der Waals surface area contributed by atoms with Gasteiger partial charge in [0, 0.05) is 30.5 Å². The van der Waals surface area contributed by atoms with Crippen LogP contribution in [-0.4, -0.2) is 32.6 Å². The second-order valence-corrected chi connectivity index (χ2v) is 8.07. The van der Waals surface area contributed by atoms with Gasteiger partial charge in [-0.1, -0.05) is 23.7 Å². The van der Waals surface area contributed by atoms with E-state index in [9.17, 15) is 0 Å². The van der Waals surface area contributed by atoms with E-state index in [-0.39, 0.29) is 0 Å². The number of nitrogen functional groups attached to an aromatic ring is 1. The number of halogens is 1. The highest BCUT2D eigenvalue weighted by molar-refractivity contribution is 6.32. The van der Waals surface area contributed by atoms with Crippen molar-refractivity contribution in [2.45, 2.75) is 25.5 Å². The molecule has 3 N–H and O–H groups in total. The van der Waals surface area contributed by atoms with Crippen molar-refractivity contribution >= 4 is 28.5 Å². The number of nitrogens with one attached hydrogen (secondary N) is 1. The molecule has 1 fully saturated rings. The van der Waals surface area contributed by atoms with Gasteiger partial charge in [-0.25, -0.2) is 9.97 Å². The largest absolute Gasteiger partial charge is 0.486 e. The molecule has 3 aromatic heterocycles. The number of rotatable bonds is 5. The Bertz CT molecular complexity index is 1200. The Morgan fingerprint density at radius 2 is 2.13 bits per heavy atom. The first-order valence-electron chi connectivity index (χ1n) is 10.3. The molecule has 31 heavy (non-hydrogen) atoms. The van der Waals surface area contributed by atoms with Crippen LogP contribution in [0.1, 0.15) is 24.6 Å². The van der Waals surface area contributed by atoms with Gasteiger partial charge in [0.1, 0.15) is 30.1 Å². The van der Waals surface area contributed by atoms with Crippen LogP contribution in [0.25, 0.3) is 22.2 Å². The third-order valence-corrected chi connectivity index (χ3v) is 5.94. The summed E-state index contributed by atoms with van der Waals surface area (Å²) in [6, 6.07) is 11.8. The Balaban J connectivity index is 1.49. The SMILES string of the molecule is Nc1ncnc2c1c(-c1ccc(OCc3ccccn3)c(Cl)c1)cn2[C@@H]1CCCNC1. The van der Waals surface area contributed by atoms with Crippen molar-refractivity contribution in [2.24, 2.45) is 0 Å². The molecule has 1 aliphatic heterocycles. The Hall–Kier alpha value is -3.16. The molecule has 1 saturated heterocycles. The molecule has 0 amide bonds. The molecular formula is C23H23ClN6O. The average Bonchev–Trinajstić information content (AvgIpc) is 3.21. The van der Waals surface area contributed by atoms with Crippen LogP contribution in [-0.2, 0) is 6.61 Å². The fraction of sp³-hybridized carbons (Fsp3) is 0.261.